The van der Waals surface area contributed by atoms with Crippen molar-refractivity contribution in [1.82, 2.24) is 46.8 Å². The van der Waals surface area contributed by atoms with Crippen molar-refractivity contribution in [2.24, 2.45) is 22.6 Å². The van der Waals surface area contributed by atoms with Crippen molar-refractivity contribution in [1.29, 1.82) is 0 Å². The van der Waals surface area contributed by atoms with Crippen LogP contribution in [0.3, 0.4) is 0 Å². The monoisotopic (exact) mass is 1310 g/mol. The predicted molar refractivity (Wildman–Crippen MR) is 345 cm³/mol. The number of benzene rings is 4. The van der Waals surface area contributed by atoms with Gasteiger partial charge in [-0.2, -0.15) is 0 Å². The highest BCUT2D eigenvalue weighted by molar-refractivity contribution is 6.00. The molecule has 8 amide bonds. The third-order valence-electron chi connectivity index (χ3n) is 17.8. The Balaban J connectivity index is 1.07. The number of aromatic amines is 2. The minimum Gasteiger partial charge on any atom is -0.497 e. The molecule has 2 bridgehead atoms. The van der Waals surface area contributed by atoms with Gasteiger partial charge in [0.2, 0.25) is 47.3 Å². The van der Waals surface area contributed by atoms with Crippen LogP contribution in [0.1, 0.15) is 106 Å². The summed E-state index contributed by atoms with van der Waals surface area (Å²) in [6.45, 7) is 3.07. The molecule has 95 heavy (non-hydrogen) atoms. The molecule has 4 aromatic carbocycles. The summed E-state index contributed by atoms with van der Waals surface area (Å²) in [6.07, 6.45) is 3.37. The van der Waals surface area contributed by atoms with Crippen LogP contribution in [0.4, 0.5) is 8.78 Å². The summed E-state index contributed by atoms with van der Waals surface area (Å²) in [4.78, 5) is 168. The van der Waals surface area contributed by atoms with Gasteiger partial charge in [-0.05, 0) is 128 Å². The second-order valence-electron chi connectivity index (χ2n) is 24.7. The first kappa shape index (κ1) is 69.0. The van der Waals surface area contributed by atoms with Gasteiger partial charge in [-0.3, -0.25) is 57.7 Å². The lowest BCUT2D eigenvalue weighted by molar-refractivity contribution is -0.147. The average molecular weight is 1310 g/mol. The fraction of sp³-hybridized carbons (Fsp3) is 0.391. The Bertz CT molecular complexity index is 3980. The van der Waals surface area contributed by atoms with E-state index in [1.807, 2.05) is 0 Å². The minimum atomic E-state index is -1.85. The molecule has 6 aromatic rings. The van der Waals surface area contributed by atoms with Crippen LogP contribution in [-0.4, -0.2) is 140 Å². The van der Waals surface area contributed by atoms with E-state index in [1.54, 1.807) is 61.7 Å². The first-order valence-corrected chi connectivity index (χ1v) is 31.5. The summed E-state index contributed by atoms with van der Waals surface area (Å²) in [6, 6.07) is 14.1. The predicted octanol–water partition coefficient (Wildman–Crippen LogP) is 4.69. The number of primary amides is 1. The zero-order valence-corrected chi connectivity index (χ0v) is 52.8. The van der Waals surface area contributed by atoms with Gasteiger partial charge in [0.15, 0.2) is 11.6 Å². The van der Waals surface area contributed by atoms with Crippen molar-refractivity contribution in [3.05, 3.63) is 149 Å². The molecular formula is C69H77F2N11O13. The number of Topliss-reactive ketones (excluding diaryl/α,β-unsaturated/α-hetero) is 2. The van der Waals surface area contributed by atoms with E-state index in [4.69, 9.17) is 10.5 Å². The number of fused-ring (bicyclic) bond motifs is 31. The molecule has 6 heterocycles. The zero-order chi connectivity index (χ0) is 68.1. The lowest BCUT2D eigenvalue weighted by Crippen LogP contribution is -2.62. The maximum absolute atomic E-state index is 15.3. The van der Waals surface area contributed by atoms with Crippen molar-refractivity contribution in [3.8, 4) is 5.75 Å². The summed E-state index contributed by atoms with van der Waals surface area (Å²) in [7, 11) is 1.48. The maximum Gasteiger partial charge on any atom is 0.305 e. The molecule has 0 spiro atoms. The number of methoxy groups -OCH3 is 1. The summed E-state index contributed by atoms with van der Waals surface area (Å²) in [5, 5.41) is 27.3. The van der Waals surface area contributed by atoms with E-state index >= 15 is 19.2 Å². The first-order valence-electron chi connectivity index (χ1n) is 31.5. The molecule has 26 heteroatoms. The third kappa shape index (κ3) is 17.8. The molecule has 4 aliphatic heterocycles. The fourth-order valence-corrected chi connectivity index (χ4v) is 12.4. The van der Waals surface area contributed by atoms with Gasteiger partial charge in [-0.15, -0.1) is 0 Å². The molecule has 0 radical (unpaired) electrons. The topological polar surface area (TPSA) is 363 Å². The Morgan fingerprint density at radius 2 is 1.26 bits per heavy atom. The minimum absolute atomic E-state index is 0.0469. The molecule has 8 atom stereocenters. The molecule has 0 saturated carbocycles. The van der Waals surface area contributed by atoms with E-state index in [9.17, 15) is 47.4 Å². The Morgan fingerprint density at radius 3 is 1.87 bits per heavy atom. The molecule has 2 aromatic heterocycles. The number of nitrogens with zero attached hydrogens (tertiary/aromatic N) is 2. The van der Waals surface area contributed by atoms with Gasteiger partial charge >= 0.3 is 5.97 Å². The number of allylic oxidation sites excluding steroid dienone is 1. The third-order valence-corrected chi connectivity index (χ3v) is 17.8. The van der Waals surface area contributed by atoms with Crippen molar-refractivity contribution in [3.63, 3.8) is 0 Å². The van der Waals surface area contributed by atoms with Gasteiger partial charge in [0.05, 0.1) is 25.6 Å². The molecular weight excluding hydrogens is 1230 g/mol. The Labute approximate surface area is 545 Å². The van der Waals surface area contributed by atoms with Gasteiger partial charge in [-0.1, -0.05) is 36.4 Å². The molecule has 24 nitrogen and oxygen atoms in total. The van der Waals surface area contributed by atoms with Crippen LogP contribution in [0.25, 0.3) is 21.8 Å². The number of aromatic nitrogens is 2. The van der Waals surface area contributed by atoms with Crippen LogP contribution in [0.2, 0.25) is 0 Å². The van der Waals surface area contributed by atoms with Crippen LogP contribution in [0, 0.1) is 23.5 Å². The van der Waals surface area contributed by atoms with E-state index < -0.39 is 137 Å². The number of hydrogen-bond donors (Lipinski definition) is 10. The summed E-state index contributed by atoms with van der Waals surface area (Å²) in [5.41, 5.74) is 8.41. The molecule has 500 valence electrons. The number of halogens is 2. The molecule has 0 aliphatic carbocycles. The van der Waals surface area contributed by atoms with E-state index in [0.717, 1.165) is 0 Å². The van der Waals surface area contributed by atoms with Crippen molar-refractivity contribution >= 4 is 92.8 Å². The highest BCUT2D eigenvalue weighted by Crippen LogP contribution is 2.33. The normalized spacial score (nSPS) is 23.8. The number of ether oxygens (including phenoxy) is 1. The molecule has 1 saturated heterocycles. The van der Waals surface area contributed by atoms with Gasteiger partial charge in [0, 0.05) is 123 Å². The Morgan fingerprint density at radius 1 is 0.674 bits per heavy atom. The van der Waals surface area contributed by atoms with Crippen LogP contribution >= 0.6 is 0 Å². The quantitative estimate of drug-likeness (QED) is 0.0796. The molecule has 11 N–H and O–H groups in total. The number of nitrogens with two attached hydrogens (primary N) is 1. The molecule has 0 unspecified atom stereocenters. The number of rotatable bonds is 12. The van der Waals surface area contributed by atoms with E-state index in [1.165, 1.54) is 73.9 Å². The van der Waals surface area contributed by atoms with Gasteiger partial charge in [0.25, 0.3) is 0 Å². The highest BCUT2D eigenvalue weighted by Gasteiger charge is 2.49. The number of carbonyl (C=O) groups is 11. The van der Waals surface area contributed by atoms with Gasteiger partial charge in [0.1, 0.15) is 41.0 Å². The number of ketones is 2. The average Bonchev–Trinajstić information content (AvgIpc) is 1.70. The number of hydrogen-bond acceptors (Lipinski definition) is 13. The summed E-state index contributed by atoms with van der Waals surface area (Å²) >= 11 is 0. The first-order chi connectivity index (χ1) is 45.4. The number of amides is 8. The summed E-state index contributed by atoms with van der Waals surface area (Å²) in [5.74, 6) is -12.7. The van der Waals surface area contributed by atoms with Crippen LogP contribution in [0.5, 0.6) is 5.75 Å². The highest BCUT2D eigenvalue weighted by atomic mass is 19.1. The van der Waals surface area contributed by atoms with E-state index in [2.05, 4.69) is 46.9 Å². The number of aliphatic carboxylic acids is 1. The van der Waals surface area contributed by atoms with Crippen molar-refractivity contribution in [2.75, 3.05) is 13.7 Å². The van der Waals surface area contributed by atoms with Crippen LogP contribution < -0.4 is 42.4 Å². The van der Waals surface area contributed by atoms with Crippen molar-refractivity contribution < 1.29 is 71.4 Å². The van der Waals surface area contributed by atoms with E-state index in [-0.39, 0.29) is 83.2 Å². The number of carboxylic acids is 1. The zero-order valence-electron chi connectivity index (χ0n) is 52.8. The summed E-state index contributed by atoms with van der Waals surface area (Å²) < 4.78 is 35.1. The largest absolute Gasteiger partial charge is 0.497 e. The Kier molecular flexibility index (Phi) is 22.5. The van der Waals surface area contributed by atoms with E-state index in [0.29, 0.717) is 67.4 Å². The standard InChI is InChI=1S/C69H77F2N11O13/c1-38-64(90)78-54(28-46-37-75-53-19-15-48(71)32-51(46)53)58(83)30-44(27-45-36-74-52-18-14-47(70)31-50(45)52)66(92)79-55(33-62(87)88)59(84)29-43(24-42-20-22-73-34-42)65(91)80-57(26-40-12-16-49(95-3)17-13-40)67(93)82-23-5-21-69(82,2)68(94)81-56(63(72)89)25-39-8-10-41(11-9-39)35-76-60(85)6-4-7-61(86)77-38/h8-19,22,31-32,34,36-38,43-44,54-57,74-75H,4-7,20-21,23-30,33,35H2,1-3H3,(H2,72,89)(H,76,85)(H,77,86)(H,78,90)(H,79,92)(H,80,91)(H,81,94)(H,87,88)/t38-,43-,44-,54+,55+,56+,57+,69+/m1/s1. The Hall–Kier alpha value is -10.4. The smallest absolute Gasteiger partial charge is 0.305 e. The molecule has 1 fully saturated rings. The lowest BCUT2D eigenvalue weighted by atomic mass is 9.87. The number of nitrogens with one attached hydrogen (secondary N) is 8. The number of H-pyrrole nitrogens is 2. The molecule has 4 aliphatic rings. The fourth-order valence-electron chi connectivity index (χ4n) is 12.4. The van der Waals surface area contributed by atoms with Gasteiger partial charge < -0.3 is 62.3 Å². The van der Waals surface area contributed by atoms with Crippen molar-refractivity contribution in [2.45, 2.75) is 146 Å². The van der Waals surface area contributed by atoms with Crippen LogP contribution in [0.15, 0.2) is 114 Å². The van der Waals surface area contributed by atoms with Gasteiger partial charge in [-0.25, -0.2) is 8.78 Å². The second-order valence-corrected chi connectivity index (χ2v) is 24.7. The number of aliphatic imine (C=N–C) groups is 1. The molecule has 10 rings (SSSR count). The second kappa shape index (κ2) is 31.0. The number of carboxylic acid groups (broad SMARTS) is 1. The number of carbonyl (C=O) groups excluding carboxylic acids is 10. The SMILES string of the molecule is COc1ccc(C[C@@H]2NC(=O)[C@H](CC3=CN=CC3)CC(=O)[C@H](CC(=O)O)NC(=O)[C@H](Cc3c[nH]c4ccc(F)cc34)CC(=O)[C@H](Cc3c[nH]c4ccc(F)cc34)NC(=O)[C@@H](C)NC(=O)CCCC(=O)NCc3ccc(cc3)C[C@@H](C(N)=O)NC(=O)[C@]3(C)CCCN3C2=O)cc1. The maximum atomic E-state index is 15.3. The van der Waals surface area contributed by atoms with Crippen LogP contribution in [-0.2, 0) is 85.0 Å². The lowest BCUT2D eigenvalue weighted by Gasteiger charge is -2.37.